The van der Waals surface area contributed by atoms with Gasteiger partial charge in [0.1, 0.15) is 5.15 Å². The first-order valence-electron chi connectivity index (χ1n) is 6.39. The van der Waals surface area contributed by atoms with Crippen molar-refractivity contribution in [1.82, 2.24) is 15.6 Å². The number of carbonyl (C=O) groups excluding carboxylic acids is 3. The maximum Gasteiger partial charge on any atom is 0.338 e. The monoisotopic (exact) mass is 313 g/mol. The SMILES string of the molecule is CCCCNC(=O)NC(=O)COC(=O)c1ccnc(Cl)c1. The number of nitrogens with zero attached hydrogens (tertiary/aromatic N) is 1. The molecule has 0 unspecified atom stereocenters. The first-order chi connectivity index (χ1) is 10.0. The highest BCUT2D eigenvalue weighted by atomic mass is 35.5. The molecule has 0 aromatic carbocycles. The van der Waals surface area contributed by atoms with Crippen LogP contribution in [0.4, 0.5) is 4.79 Å². The average Bonchev–Trinajstić information content (AvgIpc) is 2.45. The summed E-state index contributed by atoms with van der Waals surface area (Å²) in [5.74, 6) is -1.43. The molecular weight excluding hydrogens is 298 g/mol. The third-order valence-electron chi connectivity index (χ3n) is 2.37. The molecule has 0 saturated carbocycles. The molecule has 114 valence electrons. The Morgan fingerprint density at radius 1 is 1.38 bits per heavy atom. The van der Waals surface area contributed by atoms with Crippen molar-refractivity contribution in [2.75, 3.05) is 13.2 Å². The lowest BCUT2D eigenvalue weighted by Crippen LogP contribution is -2.41. The summed E-state index contributed by atoms with van der Waals surface area (Å²) in [6.07, 6.45) is 3.10. The smallest absolute Gasteiger partial charge is 0.338 e. The fraction of sp³-hybridized carbons (Fsp3) is 0.385. The van der Waals surface area contributed by atoms with Gasteiger partial charge < -0.3 is 10.1 Å². The lowest BCUT2D eigenvalue weighted by molar-refractivity contribution is -0.123. The third-order valence-corrected chi connectivity index (χ3v) is 2.57. The molecular formula is C13H16ClN3O4. The number of urea groups is 1. The van der Waals surface area contributed by atoms with Gasteiger partial charge in [-0.2, -0.15) is 0 Å². The van der Waals surface area contributed by atoms with E-state index in [0.717, 1.165) is 12.8 Å². The molecule has 8 heteroatoms. The second-order valence-electron chi connectivity index (χ2n) is 4.10. The number of hydrogen-bond acceptors (Lipinski definition) is 5. The highest BCUT2D eigenvalue weighted by Crippen LogP contribution is 2.08. The number of pyridine rings is 1. The third kappa shape index (κ3) is 6.71. The molecule has 21 heavy (non-hydrogen) atoms. The Kier molecular flexibility index (Phi) is 7.17. The van der Waals surface area contributed by atoms with Crippen LogP contribution < -0.4 is 10.6 Å². The molecule has 0 fully saturated rings. The number of nitrogens with one attached hydrogen (secondary N) is 2. The molecule has 0 saturated heterocycles. The largest absolute Gasteiger partial charge is 0.452 e. The Hall–Kier alpha value is -2.15. The number of hydrogen-bond donors (Lipinski definition) is 2. The van der Waals surface area contributed by atoms with Crippen molar-refractivity contribution in [2.45, 2.75) is 19.8 Å². The van der Waals surface area contributed by atoms with Crippen LogP contribution in [-0.4, -0.2) is 36.0 Å². The summed E-state index contributed by atoms with van der Waals surface area (Å²) in [5, 5.41) is 4.70. The summed E-state index contributed by atoms with van der Waals surface area (Å²) in [6.45, 7) is 1.90. The number of esters is 1. The van der Waals surface area contributed by atoms with Crippen LogP contribution in [0.1, 0.15) is 30.1 Å². The number of rotatable bonds is 6. The number of amides is 3. The van der Waals surface area contributed by atoms with Crippen LogP contribution in [0.2, 0.25) is 5.15 Å². The summed E-state index contributed by atoms with van der Waals surface area (Å²) in [5.41, 5.74) is 0.176. The molecule has 0 radical (unpaired) electrons. The van der Waals surface area contributed by atoms with Gasteiger partial charge in [0.15, 0.2) is 6.61 Å². The van der Waals surface area contributed by atoms with Gasteiger partial charge in [0.05, 0.1) is 5.56 Å². The number of carbonyl (C=O) groups is 3. The number of halogens is 1. The fourth-order valence-electron chi connectivity index (χ4n) is 1.33. The number of aromatic nitrogens is 1. The van der Waals surface area contributed by atoms with Crippen LogP contribution >= 0.6 is 11.6 Å². The molecule has 0 atom stereocenters. The predicted octanol–water partition coefficient (Wildman–Crippen LogP) is 1.52. The van der Waals surface area contributed by atoms with Crippen LogP contribution in [0.25, 0.3) is 0 Å². The predicted molar refractivity (Wildman–Crippen MR) is 76.0 cm³/mol. The number of imide groups is 1. The highest BCUT2D eigenvalue weighted by Gasteiger charge is 2.12. The van der Waals surface area contributed by atoms with E-state index in [2.05, 4.69) is 15.6 Å². The van der Waals surface area contributed by atoms with Gasteiger partial charge >= 0.3 is 12.0 Å². The van der Waals surface area contributed by atoms with Gasteiger partial charge in [-0.3, -0.25) is 10.1 Å². The highest BCUT2D eigenvalue weighted by molar-refractivity contribution is 6.29. The molecule has 1 aromatic heterocycles. The van der Waals surface area contributed by atoms with E-state index in [1.165, 1.54) is 18.3 Å². The Labute approximate surface area is 127 Å². The second-order valence-corrected chi connectivity index (χ2v) is 4.49. The summed E-state index contributed by atoms with van der Waals surface area (Å²) < 4.78 is 4.75. The molecule has 1 heterocycles. The molecule has 1 aromatic rings. The van der Waals surface area contributed by atoms with Gasteiger partial charge in [0.25, 0.3) is 5.91 Å². The minimum absolute atomic E-state index is 0.143. The van der Waals surface area contributed by atoms with Crippen LogP contribution in [0.15, 0.2) is 18.3 Å². The standard InChI is InChI=1S/C13H16ClN3O4/c1-2-3-5-16-13(20)17-11(18)8-21-12(19)9-4-6-15-10(14)7-9/h4,6-7H,2-3,5,8H2,1H3,(H2,16,17,18,20). The molecule has 0 aliphatic heterocycles. The lowest BCUT2D eigenvalue weighted by atomic mass is 10.3. The second kappa shape index (κ2) is 8.91. The summed E-state index contributed by atoms with van der Waals surface area (Å²) in [4.78, 5) is 38.0. The van der Waals surface area contributed by atoms with Gasteiger partial charge in [-0.1, -0.05) is 24.9 Å². The van der Waals surface area contributed by atoms with Crippen LogP contribution in [0, 0.1) is 0 Å². The Morgan fingerprint density at radius 2 is 2.14 bits per heavy atom. The average molecular weight is 314 g/mol. The van der Waals surface area contributed by atoms with Crippen molar-refractivity contribution < 1.29 is 19.1 Å². The molecule has 3 amide bonds. The zero-order valence-corrected chi connectivity index (χ0v) is 12.3. The van der Waals surface area contributed by atoms with E-state index in [4.69, 9.17) is 16.3 Å². The zero-order chi connectivity index (χ0) is 15.7. The minimum Gasteiger partial charge on any atom is -0.452 e. The topological polar surface area (TPSA) is 97.4 Å². The van der Waals surface area contributed by atoms with Crippen LogP contribution in [0.5, 0.6) is 0 Å². The van der Waals surface area contributed by atoms with Crippen LogP contribution in [-0.2, 0) is 9.53 Å². The van der Waals surface area contributed by atoms with E-state index in [9.17, 15) is 14.4 Å². The molecule has 0 bridgehead atoms. The van der Waals surface area contributed by atoms with E-state index in [-0.39, 0.29) is 10.7 Å². The van der Waals surface area contributed by atoms with E-state index >= 15 is 0 Å². The van der Waals surface area contributed by atoms with Crippen molar-refractivity contribution in [3.63, 3.8) is 0 Å². The van der Waals surface area contributed by atoms with Gasteiger partial charge in [-0.25, -0.2) is 14.6 Å². The Morgan fingerprint density at radius 3 is 2.81 bits per heavy atom. The summed E-state index contributed by atoms with van der Waals surface area (Å²) >= 11 is 5.63. The van der Waals surface area contributed by atoms with Crippen molar-refractivity contribution in [1.29, 1.82) is 0 Å². The number of unbranched alkanes of at least 4 members (excludes halogenated alkanes) is 1. The minimum atomic E-state index is -0.721. The molecule has 0 aliphatic carbocycles. The molecule has 2 N–H and O–H groups in total. The Bertz CT molecular complexity index is 522. The van der Waals surface area contributed by atoms with Crippen molar-refractivity contribution in [2.24, 2.45) is 0 Å². The normalized spacial score (nSPS) is 9.81. The van der Waals surface area contributed by atoms with Crippen molar-refractivity contribution >= 4 is 29.5 Å². The van der Waals surface area contributed by atoms with Gasteiger partial charge in [0, 0.05) is 12.7 Å². The van der Waals surface area contributed by atoms with E-state index in [0.29, 0.717) is 6.54 Å². The molecule has 1 rings (SSSR count). The molecule has 7 nitrogen and oxygen atoms in total. The fourth-order valence-corrected chi connectivity index (χ4v) is 1.50. The quantitative estimate of drug-likeness (QED) is 0.471. The summed E-state index contributed by atoms with van der Waals surface area (Å²) in [6, 6.07) is 2.11. The maximum absolute atomic E-state index is 11.6. The number of ether oxygens (including phenoxy) is 1. The van der Waals surface area contributed by atoms with E-state index < -0.39 is 24.5 Å². The first kappa shape index (κ1) is 16.9. The Balaban J connectivity index is 2.32. The molecule has 0 aliphatic rings. The zero-order valence-electron chi connectivity index (χ0n) is 11.5. The first-order valence-corrected chi connectivity index (χ1v) is 6.77. The van der Waals surface area contributed by atoms with Crippen molar-refractivity contribution in [3.05, 3.63) is 29.0 Å². The summed E-state index contributed by atoms with van der Waals surface area (Å²) in [7, 11) is 0. The van der Waals surface area contributed by atoms with Gasteiger partial charge in [0.2, 0.25) is 0 Å². The van der Waals surface area contributed by atoms with E-state index in [1.807, 2.05) is 6.92 Å². The van der Waals surface area contributed by atoms with Gasteiger partial charge in [-0.15, -0.1) is 0 Å². The maximum atomic E-state index is 11.6. The van der Waals surface area contributed by atoms with Gasteiger partial charge in [-0.05, 0) is 18.6 Å². The molecule has 0 spiro atoms. The lowest BCUT2D eigenvalue weighted by Gasteiger charge is -2.07. The van der Waals surface area contributed by atoms with E-state index in [1.54, 1.807) is 0 Å². The van der Waals surface area contributed by atoms with Crippen molar-refractivity contribution in [3.8, 4) is 0 Å². The van der Waals surface area contributed by atoms with Crippen LogP contribution in [0.3, 0.4) is 0 Å².